The highest BCUT2D eigenvalue weighted by molar-refractivity contribution is 9.10. The van der Waals surface area contributed by atoms with Crippen LogP contribution in [0.2, 0.25) is 0 Å². The van der Waals surface area contributed by atoms with E-state index in [1.807, 2.05) is 12.1 Å². The first kappa shape index (κ1) is 12.5. The lowest BCUT2D eigenvalue weighted by Crippen LogP contribution is -2.44. The van der Waals surface area contributed by atoms with Gasteiger partial charge in [-0.25, -0.2) is 4.79 Å². The number of amides is 3. The molecule has 1 saturated carbocycles. The molecule has 1 aliphatic carbocycles. The molecule has 3 amide bonds. The summed E-state index contributed by atoms with van der Waals surface area (Å²) in [4.78, 5) is 22.9. The van der Waals surface area contributed by atoms with E-state index in [2.05, 4.69) is 44.0 Å². The van der Waals surface area contributed by atoms with Gasteiger partial charge in [0.25, 0.3) is 0 Å². The lowest BCUT2D eigenvalue weighted by molar-refractivity contribution is -0.122. The van der Waals surface area contributed by atoms with Crippen molar-refractivity contribution in [3.8, 4) is 0 Å². The number of halogens is 1. The van der Waals surface area contributed by atoms with Gasteiger partial charge in [0.2, 0.25) is 5.91 Å². The van der Waals surface area contributed by atoms with E-state index in [4.69, 9.17) is 0 Å². The maximum Gasteiger partial charge on any atom is 0.315 e. The second kappa shape index (κ2) is 4.85. The number of carbonyl (C=O) groups excluding carboxylic acids is 2. The van der Waals surface area contributed by atoms with E-state index in [1.165, 1.54) is 5.56 Å². The van der Waals surface area contributed by atoms with Crippen LogP contribution in [0.4, 0.5) is 4.79 Å². The van der Waals surface area contributed by atoms with Crippen molar-refractivity contribution in [3.05, 3.63) is 34.3 Å². The third-order valence-corrected chi connectivity index (χ3v) is 3.98. The molecule has 2 aliphatic rings. The molecule has 1 aromatic carbocycles. The highest BCUT2D eigenvalue weighted by atomic mass is 79.9. The van der Waals surface area contributed by atoms with Gasteiger partial charge in [-0.3, -0.25) is 4.79 Å². The van der Waals surface area contributed by atoms with Gasteiger partial charge in [-0.15, -0.1) is 0 Å². The maximum atomic E-state index is 11.9. The number of rotatable bonds is 3. The fourth-order valence-corrected chi connectivity index (χ4v) is 2.77. The number of hydrogen-bond acceptors (Lipinski definition) is 2. The lowest BCUT2D eigenvalue weighted by Gasteiger charge is -2.09. The Balaban J connectivity index is 1.56. The Bertz CT molecular complexity index is 534. The molecule has 3 N–H and O–H groups in total. The second-order valence-corrected chi connectivity index (χ2v) is 5.83. The standard InChI is InChI=1S/C13H14BrN3O2/c14-8-3-1-2-7(4-8)9-5-10(9)16-12(18)11-6-15-13(19)17-11/h1-4,9-11H,5-6H2,(H,16,18)(H2,15,17,19)/t9-,10+,11+/m0/s1. The Morgan fingerprint density at radius 3 is 2.95 bits per heavy atom. The monoisotopic (exact) mass is 323 g/mol. The van der Waals surface area contributed by atoms with Crippen LogP contribution in [0.25, 0.3) is 0 Å². The molecule has 2 fully saturated rings. The average Bonchev–Trinajstić information content (AvgIpc) is 3.00. The fourth-order valence-electron chi connectivity index (χ4n) is 2.36. The first-order valence-electron chi connectivity index (χ1n) is 6.23. The van der Waals surface area contributed by atoms with Crippen LogP contribution < -0.4 is 16.0 Å². The van der Waals surface area contributed by atoms with Crippen molar-refractivity contribution < 1.29 is 9.59 Å². The van der Waals surface area contributed by atoms with Crippen LogP contribution in [0.1, 0.15) is 17.9 Å². The molecular weight excluding hydrogens is 310 g/mol. The smallest absolute Gasteiger partial charge is 0.315 e. The van der Waals surface area contributed by atoms with Crippen molar-refractivity contribution in [2.75, 3.05) is 6.54 Å². The van der Waals surface area contributed by atoms with Crippen molar-refractivity contribution in [2.45, 2.75) is 24.4 Å². The van der Waals surface area contributed by atoms with Gasteiger partial charge in [-0.1, -0.05) is 28.1 Å². The Morgan fingerprint density at radius 1 is 1.42 bits per heavy atom. The third kappa shape index (κ3) is 2.73. The van der Waals surface area contributed by atoms with E-state index < -0.39 is 6.04 Å². The van der Waals surface area contributed by atoms with Crippen molar-refractivity contribution in [1.29, 1.82) is 0 Å². The van der Waals surface area contributed by atoms with E-state index in [-0.39, 0.29) is 18.0 Å². The molecule has 0 radical (unpaired) electrons. The van der Waals surface area contributed by atoms with E-state index in [1.54, 1.807) is 0 Å². The Hall–Kier alpha value is -1.56. The zero-order chi connectivity index (χ0) is 13.4. The topological polar surface area (TPSA) is 70.2 Å². The number of nitrogens with one attached hydrogen (secondary N) is 3. The summed E-state index contributed by atoms with van der Waals surface area (Å²) in [5.41, 5.74) is 1.23. The van der Waals surface area contributed by atoms with Crippen molar-refractivity contribution in [3.63, 3.8) is 0 Å². The fraction of sp³-hybridized carbons (Fsp3) is 0.385. The highest BCUT2D eigenvalue weighted by Crippen LogP contribution is 2.41. The minimum Gasteiger partial charge on any atom is -0.351 e. The van der Waals surface area contributed by atoms with E-state index >= 15 is 0 Å². The number of hydrogen-bond donors (Lipinski definition) is 3. The number of carbonyl (C=O) groups is 2. The summed E-state index contributed by atoms with van der Waals surface area (Å²) in [5, 5.41) is 8.13. The predicted molar refractivity (Wildman–Crippen MR) is 73.8 cm³/mol. The van der Waals surface area contributed by atoms with Crippen molar-refractivity contribution in [2.24, 2.45) is 0 Å². The van der Waals surface area contributed by atoms with Gasteiger partial charge in [0.15, 0.2) is 0 Å². The molecule has 0 bridgehead atoms. The minimum absolute atomic E-state index is 0.110. The average molecular weight is 324 g/mol. The van der Waals surface area contributed by atoms with Crippen LogP contribution in [0.15, 0.2) is 28.7 Å². The third-order valence-electron chi connectivity index (χ3n) is 3.48. The quantitative estimate of drug-likeness (QED) is 0.779. The molecule has 100 valence electrons. The summed E-state index contributed by atoms with van der Waals surface area (Å²) in [6.45, 7) is 0.360. The van der Waals surface area contributed by atoms with Crippen LogP contribution in [-0.4, -0.2) is 30.6 Å². The molecule has 19 heavy (non-hydrogen) atoms. The zero-order valence-electron chi connectivity index (χ0n) is 10.2. The number of benzene rings is 1. The first-order valence-corrected chi connectivity index (χ1v) is 7.03. The lowest BCUT2D eigenvalue weighted by atomic mass is 10.1. The Kier molecular flexibility index (Phi) is 3.18. The summed E-state index contributed by atoms with van der Waals surface area (Å²) in [5.74, 6) is 0.271. The number of urea groups is 1. The minimum atomic E-state index is -0.448. The highest BCUT2D eigenvalue weighted by Gasteiger charge is 2.41. The van der Waals surface area contributed by atoms with Crippen LogP contribution in [0.5, 0.6) is 0 Å². The van der Waals surface area contributed by atoms with Gasteiger partial charge in [0.1, 0.15) is 6.04 Å². The molecule has 6 heteroatoms. The summed E-state index contributed by atoms with van der Waals surface area (Å²) in [6.07, 6.45) is 0.955. The van der Waals surface area contributed by atoms with Crippen molar-refractivity contribution >= 4 is 27.9 Å². The van der Waals surface area contributed by atoms with Gasteiger partial charge < -0.3 is 16.0 Å². The molecule has 1 aromatic rings. The maximum absolute atomic E-state index is 11.9. The van der Waals surface area contributed by atoms with Gasteiger partial charge in [-0.05, 0) is 24.1 Å². The Morgan fingerprint density at radius 2 is 2.26 bits per heavy atom. The van der Waals surface area contributed by atoms with Gasteiger partial charge in [0.05, 0.1) is 0 Å². The van der Waals surface area contributed by atoms with E-state index in [0.717, 1.165) is 10.9 Å². The molecule has 3 rings (SSSR count). The summed E-state index contributed by atoms with van der Waals surface area (Å²) in [6, 6.07) is 7.59. The van der Waals surface area contributed by atoms with Crippen LogP contribution in [-0.2, 0) is 4.79 Å². The summed E-state index contributed by atoms with van der Waals surface area (Å²) < 4.78 is 1.05. The summed E-state index contributed by atoms with van der Waals surface area (Å²) in [7, 11) is 0. The molecule has 5 nitrogen and oxygen atoms in total. The van der Waals surface area contributed by atoms with Gasteiger partial charge >= 0.3 is 6.03 Å². The molecule has 1 heterocycles. The molecule has 1 saturated heterocycles. The molecule has 0 aromatic heterocycles. The van der Waals surface area contributed by atoms with E-state index in [0.29, 0.717) is 12.5 Å². The van der Waals surface area contributed by atoms with Gasteiger partial charge in [0, 0.05) is 23.0 Å². The van der Waals surface area contributed by atoms with Crippen LogP contribution >= 0.6 is 15.9 Å². The molecule has 3 atom stereocenters. The Labute approximate surface area is 119 Å². The first-order chi connectivity index (χ1) is 9.13. The van der Waals surface area contributed by atoms with Crippen LogP contribution in [0, 0.1) is 0 Å². The molecule has 1 aliphatic heterocycles. The SMILES string of the molecule is O=C1NC[C@H](C(=O)N[C@@H]2C[C@H]2c2cccc(Br)c2)N1. The largest absolute Gasteiger partial charge is 0.351 e. The van der Waals surface area contributed by atoms with Crippen LogP contribution in [0.3, 0.4) is 0 Å². The molecule has 0 unspecified atom stereocenters. The normalized spacial score (nSPS) is 28.5. The zero-order valence-corrected chi connectivity index (χ0v) is 11.7. The van der Waals surface area contributed by atoms with Gasteiger partial charge in [-0.2, -0.15) is 0 Å². The van der Waals surface area contributed by atoms with Crippen molar-refractivity contribution in [1.82, 2.24) is 16.0 Å². The molecule has 0 spiro atoms. The second-order valence-electron chi connectivity index (χ2n) is 4.92. The molecular formula is C13H14BrN3O2. The van der Waals surface area contributed by atoms with E-state index in [9.17, 15) is 9.59 Å². The predicted octanol–water partition coefficient (Wildman–Crippen LogP) is 1.10. The summed E-state index contributed by atoms with van der Waals surface area (Å²) >= 11 is 3.45.